The minimum absolute atomic E-state index is 0.552. The van der Waals surface area contributed by atoms with E-state index in [1.807, 2.05) is 18.2 Å². The molecule has 0 unspecified atom stereocenters. The number of nitrogens with one attached hydrogen (secondary N) is 2. The third kappa shape index (κ3) is 4.02. The van der Waals surface area contributed by atoms with Crippen molar-refractivity contribution in [3.8, 4) is 0 Å². The van der Waals surface area contributed by atoms with Crippen molar-refractivity contribution < 1.29 is 4.42 Å². The monoisotopic (exact) mass is 273 g/mol. The van der Waals surface area contributed by atoms with E-state index in [1.54, 1.807) is 0 Å². The normalized spacial score (nSPS) is 11.8. The van der Waals surface area contributed by atoms with Gasteiger partial charge in [0.15, 0.2) is 5.96 Å². The lowest BCUT2D eigenvalue weighted by Crippen LogP contribution is -2.37. The standard InChI is InChI=1S/C16H23N3O/c1-3-5-10-18-16(17-4-2)19-12-14-11-13-8-6-7-9-15(13)20-14/h6-9,11H,3-5,10,12H2,1-2H3,(H2,17,18,19). The second-order valence-electron chi connectivity index (χ2n) is 4.73. The first-order valence-corrected chi connectivity index (χ1v) is 7.33. The molecule has 1 heterocycles. The van der Waals surface area contributed by atoms with Crippen LogP contribution in [0.4, 0.5) is 0 Å². The average molecular weight is 273 g/mol. The fraction of sp³-hybridized carbons (Fsp3) is 0.438. The Morgan fingerprint density at radius 3 is 2.80 bits per heavy atom. The Balaban J connectivity index is 2.00. The highest BCUT2D eigenvalue weighted by molar-refractivity contribution is 5.80. The summed E-state index contributed by atoms with van der Waals surface area (Å²) in [5.74, 6) is 1.74. The van der Waals surface area contributed by atoms with E-state index in [-0.39, 0.29) is 0 Å². The molecule has 2 rings (SSSR count). The van der Waals surface area contributed by atoms with E-state index in [0.29, 0.717) is 6.54 Å². The number of hydrogen-bond donors (Lipinski definition) is 2. The number of aliphatic imine (C=N–C) groups is 1. The molecule has 20 heavy (non-hydrogen) atoms. The SMILES string of the molecule is CCCCNC(=NCc1cc2ccccc2o1)NCC. The minimum atomic E-state index is 0.552. The summed E-state index contributed by atoms with van der Waals surface area (Å²) in [5, 5.41) is 7.69. The van der Waals surface area contributed by atoms with Gasteiger partial charge in [0.05, 0.1) is 0 Å². The summed E-state index contributed by atoms with van der Waals surface area (Å²) < 4.78 is 5.76. The first-order valence-electron chi connectivity index (χ1n) is 7.33. The Labute approximate surface area is 120 Å². The van der Waals surface area contributed by atoms with Crippen molar-refractivity contribution in [1.82, 2.24) is 10.6 Å². The number of guanidine groups is 1. The molecule has 2 N–H and O–H groups in total. The van der Waals surface area contributed by atoms with Gasteiger partial charge in [-0.1, -0.05) is 31.5 Å². The number of nitrogens with zero attached hydrogens (tertiary/aromatic N) is 1. The van der Waals surface area contributed by atoms with Gasteiger partial charge in [-0.2, -0.15) is 0 Å². The summed E-state index contributed by atoms with van der Waals surface area (Å²) in [6.07, 6.45) is 2.32. The lowest BCUT2D eigenvalue weighted by molar-refractivity contribution is 0.551. The molecule has 1 aromatic carbocycles. The number of unbranched alkanes of at least 4 members (excludes halogenated alkanes) is 1. The second-order valence-corrected chi connectivity index (χ2v) is 4.73. The van der Waals surface area contributed by atoms with Crippen molar-refractivity contribution in [3.05, 3.63) is 36.1 Å². The molecule has 108 valence electrons. The molecule has 4 nitrogen and oxygen atoms in total. The quantitative estimate of drug-likeness (QED) is 0.482. The van der Waals surface area contributed by atoms with Gasteiger partial charge < -0.3 is 15.1 Å². The molecule has 0 saturated heterocycles. The highest BCUT2D eigenvalue weighted by Crippen LogP contribution is 2.19. The topological polar surface area (TPSA) is 49.6 Å². The number of benzene rings is 1. The van der Waals surface area contributed by atoms with E-state index < -0.39 is 0 Å². The van der Waals surface area contributed by atoms with Crippen molar-refractivity contribution in [1.29, 1.82) is 0 Å². The van der Waals surface area contributed by atoms with Crippen LogP contribution in [0.15, 0.2) is 39.7 Å². The minimum Gasteiger partial charge on any atom is -0.459 e. The fourth-order valence-electron chi connectivity index (χ4n) is 2.00. The molecule has 1 aromatic heterocycles. The van der Waals surface area contributed by atoms with Crippen molar-refractivity contribution >= 4 is 16.9 Å². The molecule has 0 aliphatic rings. The largest absolute Gasteiger partial charge is 0.459 e. The van der Waals surface area contributed by atoms with E-state index in [1.165, 1.54) is 6.42 Å². The summed E-state index contributed by atoms with van der Waals surface area (Å²) in [6.45, 7) is 6.61. The summed E-state index contributed by atoms with van der Waals surface area (Å²) in [7, 11) is 0. The summed E-state index contributed by atoms with van der Waals surface area (Å²) in [4.78, 5) is 4.55. The highest BCUT2D eigenvalue weighted by Gasteiger charge is 2.03. The number of rotatable bonds is 6. The van der Waals surface area contributed by atoms with Crippen LogP contribution in [-0.2, 0) is 6.54 Å². The van der Waals surface area contributed by atoms with Crippen molar-refractivity contribution in [2.45, 2.75) is 33.2 Å². The number of hydrogen-bond acceptors (Lipinski definition) is 2. The van der Waals surface area contributed by atoms with Crippen LogP contribution in [0.25, 0.3) is 11.0 Å². The molecule has 0 fully saturated rings. The number of furan rings is 1. The molecular weight excluding hydrogens is 250 g/mol. The zero-order chi connectivity index (χ0) is 14.2. The predicted octanol–water partition coefficient (Wildman–Crippen LogP) is 3.29. The van der Waals surface area contributed by atoms with E-state index in [2.05, 4.69) is 41.6 Å². The summed E-state index contributed by atoms with van der Waals surface area (Å²) in [5.41, 5.74) is 0.918. The van der Waals surface area contributed by atoms with Crippen LogP contribution in [0.2, 0.25) is 0 Å². The predicted molar refractivity (Wildman–Crippen MR) is 83.9 cm³/mol. The maximum absolute atomic E-state index is 5.76. The van der Waals surface area contributed by atoms with Gasteiger partial charge in [-0.3, -0.25) is 0 Å². The van der Waals surface area contributed by atoms with Gasteiger partial charge in [0.25, 0.3) is 0 Å². The third-order valence-corrected chi connectivity index (χ3v) is 3.04. The van der Waals surface area contributed by atoms with Crippen LogP contribution in [0.3, 0.4) is 0 Å². The molecular formula is C16H23N3O. The van der Waals surface area contributed by atoms with Gasteiger partial charge in [-0.05, 0) is 25.5 Å². The molecule has 0 amide bonds. The van der Waals surface area contributed by atoms with E-state index in [0.717, 1.165) is 42.2 Å². The Bertz CT molecular complexity index is 527. The molecule has 0 atom stereocenters. The molecule has 0 aliphatic heterocycles. The second kappa shape index (κ2) is 7.58. The summed E-state index contributed by atoms with van der Waals surface area (Å²) in [6, 6.07) is 10.1. The zero-order valence-electron chi connectivity index (χ0n) is 12.3. The smallest absolute Gasteiger partial charge is 0.191 e. The van der Waals surface area contributed by atoms with Crippen molar-refractivity contribution in [2.24, 2.45) is 4.99 Å². The lowest BCUT2D eigenvalue weighted by atomic mass is 10.2. The van der Waals surface area contributed by atoms with E-state index in [9.17, 15) is 0 Å². The zero-order valence-corrected chi connectivity index (χ0v) is 12.3. The van der Waals surface area contributed by atoms with Crippen molar-refractivity contribution in [2.75, 3.05) is 13.1 Å². The van der Waals surface area contributed by atoms with Crippen LogP contribution in [0, 0.1) is 0 Å². The molecule has 2 aromatic rings. The highest BCUT2D eigenvalue weighted by atomic mass is 16.3. The Hall–Kier alpha value is -1.97. The van der Waals surface area contributed by atoms with Crippen LogP contribution in [0.1, 0.15) is 32.4 Å². The molecule has 0 bridgehead atoms. The maximum Gasteiger partial charge on any atom is 0.191 e. The molecule has 0 radical (unpaired) electrons. The van der Waals surface area contributed by atoms with Crippen molar-refractivity contribution in [3.63, 3.8) is 0 Å². The third-order valence-electron chi connectivity index (χ3n) is 3.04. The summed E-state index contributed by atoms with van der Waals surface area (Å²) >= 11 is 0. The van der Waals surface area contributed by atoms with Gasteiger partial charge in [-0.15, -0.1) is 0 Å². The van der Waals surface area contributed by atoms with E-state index in [4.69, 9.17) is 4.42 Å². The van der Waals surface area contributed by atoms with Gasteiger partial charge in [0.1, 0.15) is 17.9 Å². The Morgan fingerprint density at radius 1 is 1.20 bits per heavy atom. The van der Waals surface area contributed by atoms with Crippen LogP contribution in [0.5, 0.6) is 0 Å². The van der Waals surface area contributed by atoms with Crippen LogP contribution < -0.4 is 10.6 Å². The maximum atomic E-state index is 5.76. The fourth-order valence-corrected chi connectivity index (χ4v) is 2.00. The molecule has 0 saturated carbocycles. The average Bonchev–Trinajstić information content (AvgIpc) is 2.87. The molecule has 4 heteroatoms. The van der Waals surface area contributed by atoms with Gasteiger partial charge in [-0.25, -0.2) is 4.99 Å². The van der Waals surface area contributed by atoms with Crippen LogP contribution in [-0.4, -0.2) is 19.0 Å². The van der Waals surface area contributed by atoms with E-state index >= 15 is 0 Å². The lowest BCUT2D eigenvalue weighted by Gasteiger charge is -2.10. The first-order chi connectivity index (χ1) is 9.83. The van der Waals surface area contributed by atoms with Gasteiger partial charge >= 0.3 is 0 Å². The number of para-hydroxylation sites is 1. The van der Waals surface area contributed by atoms with Crippen LogP contribution >= 0.6 is 0 Å². The Kier molecular flexibility index (Phi) is 5.47. The van der Waals surface area contributed by atoms with Gasteiger partial charge in [0.2, 0.25) is 0 Å². The Morgan fingerprint density at radius 2 is 2.05 bits per heavy atom. The molecule has 0 aliphatic carbocycles. The number of fused-ring (bicyclic) bond motifs is 1. The van der Waals surface area contributed by atoms with Gasteiger partial charge in [0, 0.05) is 18.5 Å². The first kappa shape index (κ1) is 14.4. The molecule has 0 spiro atoms.